The molecular formula is C27H29FN2O4S. The van der Waals surface area contributed by atoms with E-state index in [9.17, 15) is 14.0 Å². The number of hydrogen-bond donors (Lipinski definition) is 1. The molecule has 1 aliphatic rings. The van der Waals surface area contributed by atoms with Crippen LogP contribution in [-0.2, 0) is 16.0 Å². The van der Waals surface area contributed by atoms with E-state index in [1.165, 1.54) is 42.6 Å². The minimum atomic E-state index is -1.000. The summed E-state index contributed by atoms with van der Waals surface area (Å²) in [5.74, 6) is -0.00338. The number of amides is 2. The van der Waals surface area contributed by atoms with Crippen molar-refractivity contribution >= 4 is 28.8 Å². The molecule has 1 atom stereocenters. The van der Waals surface area contributed by atoms with Gasteiger partial charge in [0.25, 0.3) is 0 Å². The molecule has 0 aliphatic heterocycles. The predicted octanol–water partition coefficient (Wildman–Crippen LogP) is 5.28. The Labute approximate surface area is 208 Å². The zero-order valence-electron chi connectivity index (χ0n) is 19.8. The highest BCUT2D eigenvalue weighted by Crippen LogP contribution is 2.35. The zero-order valence-corrected chi connectivity index (χ0v) is 20.6. The van der Waals surface area contributed by atoms with Crippen molar-refractivity contribution in [3.8, 4) is 11.5 Å². The number of anilines is 1. The summed E-state index contributed by atoms with van der Waals surface area (Å²) in [4.78, 5) is 29.9. The van der Waals surface area contributed by atoms with E-state index in [4.69, 9.17) is 9.47 Å². The van der Waals surface area contributed by atoms with Crippen LogP contribution < -0.4 is 19.7 Å². The molecule has 35 heavy (non-hydrogen) atoms. The van der Waals surface area contributed by atoms with Crippen molar-refractivity contribution in [3.63, 3.8) is 0 Å². The molecule has 0 spiro atoms. The number of methoxy groups -OCH3 is 2. The minimum absolute atomic E-state index is 0.0551. The maximum atomic E-state index is 13.8. The fraction of sp³-hybridized carbons (Fsp3) is 0.333. The number of nitrogens with zero attached hydrogens (tertiary/aromatic N) is 1. The number of carbonyl (C=O) groups is 2. The van der Waals surface area contributed by atoms with Gasteiger partial charge in [0.1, 0.15) is 23.4 Å². The normalized spacial score (nSPS) is 14.4. The highest BCUT2D eigenvalue weighted by molar-refractivity contribution is 7.10. The molecule has 0 radical (unpaired) electrons. The number of carbonyl (C=O) groups excluding carboxylic acids is 2. The van der Waals surface area contributed by atoms with Gasteiger partial charge in [0, 0.05) is 29.1 Å². The first-order valence-corrected chi connectivity index (χ1v) is 12.5. The fourth-order valence-electron chi connectivity index (χ4n) is 4.43. The Hall–Kier alpha value is -3.39. The Bertz CT molecular complexity index is 1120. The summed E-state index contributed by atoms with van der Waals surface area (Å²) < 4.78 is 24.7. The topological polar surface area (TPSA) is 67.9 Å². The molecule has 3 aromatic rings. The highest BCUT2D eigenvalue weighted by Gasteiger charge is 2.35. The van der Waals surface area contributed by atoms with E-state index < -0.39 is 11.9 Å². The average molecular weight is 497 g/mol. The molecule has 8 heteroatoms. The van der Waals surface area contributed by atoms with Gasteiger partial charge in [0.2, 0.25) is 11.8 Å². The lowest BCUT2D eigenvalue weighted by molar-refractivity contribution is -0.127. The van der Waals surface area contributed by atoms with E-state index in [1.54, 1.807) is 30.3 Å². The van der Waals surface area contributed by atoms with E-state index in [0.717, 1.165) is 30.6 Å². The Morgan fingerprint density at radius 3 is 2.29 bits per heavy atom. The average Bonchev–Trinajstić information content (AvgIpc) is 3.57. The number of rotatable bonds is 9. The number of benzene rings is 2. The monoisotopic (exact) mass is 496 g/mol. The molecule has 2 amide bonds. The third-order valence-corrected chi connectivity index (χ3v) is 7.06. The first-order valence-electron chi connectivity index (χ1n) is 11.6. The molecule has 6 nitrogen and oxygen atoms in total. The molecule has 0 saturated heterocycles. The molecular weight excluding hydrogens is 467 g/mol. The van der Waals surface area contributed by atoms with Crippen LogP contribution in [0.5, 0.6) is 11.5 Å². The second-order valence-electron chi connectivity index (χ2n) is 8.53. The first kappa shape index (κ1) is 24.7. The largest absolute Gasteiger partial charge is 0.497 e. The van der Waals surface area contributed by atoms with E-state index in [0.29, 0.717) is 22.7 Å². The molecule has 184 valence electrons. The Balaban J connectivity index is 1.81. The van der Waals surface area contributed by atoms with Gasteiger partial charge in [-0.05, 0) is 42.0 Å². The van der Waals surface area contributed by atoms with Gasteiger partial charge in [-0.2, -0.15) is 0 Å². The zero-order chi connectivity index (χ0) is 24.8. The molecule has 2 aromatic carbocycles. The standard InChI is InChI=1S/C27H29FN2O4S/c1-33-22-14-21(15-23(16-22)34-2)30(25(31)17-24-8-5-13-35-24)26(18-9-11-19(28)12-10-18)27(32)29-20-6-3-4-7-20/h5,8-16,20,26H,3-4,6-7,17H2,1-2H3,(H,29,32)/t26-/m0/s1. The van der Waals surface area contributed by atoms with E-state index >= 15 is 0 Å². The van der Waals surface area contributed by atoms with Crippen LogP contribution in [0.2, 0.25) is 0 Å². The van der Waals surface area contributed by atoms with E-state index in [1.807, 2.05) is 17.5 Å². The van der Waals surface area contributed by atoms with Crippen LogP contribution in [0, 0.1) is 5.82 Å². The maximum Gasteiger partial charge on any atom is 0.248 e. The number of ether oxygens (including phenoxy) is 2. The molecule has 1 fully saturated rings. The molecule has 0 bridgehead atoms. The molecule has 1 heterocycles. The first-order chi connectivity index (χ1) is 17.0. The van der Waals surface area contributed by atoms with E-state index in [-0.39, 0.29) is 24.3 Å². The Morgan fingerprint density at radius 2 is 1.71 bits per heavy atom. The van der Waals surface area contributed by atoms with Gasteiger partial charge >= 0.3 is 0 Å². The van der Waals surface area contributed by atoms with Crippen molar-refractivity contribution in [2.45, 2.75) is 44.2 Å². The van der Waals surface area contributed by atoms with Gasteiger partial charge in [0.05, 0.1) is 26.3 Å². The minimum Gasteiger partial charge on any atom is -0.497 e. The summed E-state index contributed by atoms with van der Waals surface area (Å²) in [7, 11) is 3.06. The van der Waals surface area contributed by atoms with Crippen molar-refractivity contribution in [1.82, 2.24) is 5.32 Å². The Kier molecular flexibility index (Phi) is 8.02. The van der Waals surface area contributed by atoms with Gasteiger partial charge in [-0.1, -0.05) is 31.0 Å². The van der Waals surface area contributed by atoms with Gasteiger partial charge in [-0.3, -0.25) is 14.5 Å². The van der Waals surface area contributed by atoms with Crippen LogP contribution in [0.1, 0.15) is 42.2 Å². The van der Waals surface area contributed by atoms with Gasteiger partial charge < -0.3 is 14.8 Å². The smallest absolute Gasteiger partial charge is 0.248 e. The summed E-state index contributed by atoms with van der Waals surface area (Å²) in [6.45, 7) is 0. The molecule has 1 aromatic heterocycles. The summed E-state index contributed by atoms with van der Waals surface area (Å²) >= 11 is 1.48. The fourth-order valence-corrected chi connectivity index (χ4v) is 5.12. The number of thiophene rings is 1. The third-order valence-electron chi connectivity index (χ3n) is 6.18. The van der Waals surface area contributed by atoms with Crippen LogP contribution in [0.15, 0.2) is 60.0 Å². The van der Waals surface area contributed by atoms with E-state index in [2.05, 4.69) is 5.32 Å². The van der Waals surface area contributed by atoms with Crippen LogP contribution in [-0.4, -0.2) is 32.1 Å². The quantitative estimate of drug-likeness (QED) is 0.438. The van der Waals surface area contributed by atoms with Crippen molar-refractivity contribution in [3.05, 3.63) is 76.2 Å². The lowest BCUT2D eigenvalue weighted by Crippen LogP contribution is -2.46. The predicted molar refractivity (Wildman–Crippen MR) is 135 cm³/mol. The second-order valence-corrected chi connectivity index (χ2v) is 9.57. The maximum absolute atomic E-state index is 13.8. The summed E-state index contributed by atoms with van der Waals surface area (Å²) in [5.41, 5.74) is 0.974. The van der Waals surface area contributed by atoms with Crippen LogP contribution >= 0.6 is 11.3 Å². The number of hydrogen-bond acceptors (Lipinski definition) is 5. The second kappa shape index (κ2) is 11.4. The van der Waals surface area contributed by atoms with Crippen molar-refractivity contribution in [2.24, 2.45) is 0 Å². The molecule has 1 aliphatic carbocycles. The summed E-state index contributed by atoms with van der Waals surface area (Å²) in [6, 6.07) is 13.7. The summed E-state index contributed by atoms with van der Waals surface area (Å²) in [6.07, 6.45) is 4.03. The SMILES string of the molecule is COc1cc(OC)cc(N(C(=O)Cc2cccs2)[C@H](C(=O)NC2CCCC2)c2ccc(F)cc2)c1. The van der Waals surface area contributed by atoms with Gasteiger partial charge in [0.15, 0.2) is 0 Å². The molecule has 0 unspecified atom stereocenters. The van der Waals surface area contributed by atoms with Crippen LogP contribution in [0.3, 0.4) is 0 Å². The van der Waals surface area contributed by atoms with Crippen LogP contribution in [0.25, 0.3) is 0 Å². The van der Waals surface area contributed by atoms with Crippen LogP contribution in [0.4, 0.5) is 10.1 Å². The van der Waals surface area contributed by atoms with Crippen molar-refractivity contribution < 1.29 is 23.5 Å². The Morgan fingerprint density at radius 1 is 1.06 bits per heavy atom. The highest BCUT2D eigenvalue weighted by atomic mass is 32.1. The van der Waals surface area contributed by atoms with Crippen molar-refractivity contribution in [2.75, 3.05) is 19.1 Å². The lowest BCUT2D eigenvalue weighted by Gasteiger charge is -2.32. The number of halogens is 1. The van der Waals surface area contributed by atoms with Gasteiger partial charge in [-0.15, -0.1) is 11.3 Å². The van der Waals surface area contributed by atoms with Crippen molar-refractivity contribution in [1.29, 1.82) is 0 Å². The molecule has 1 N–H and O–H groups in total. The molecule has 4 rings (SSSR count). The summed E-state index contributed by atoms with van der Waals surface area (Å²) in [5, 5.41) is 5.04. The number of nitrogens with one attached hydrogen (secondary N) is 1. The third kappa shape index (κ3) is 6.00. The molecule has 1 saturated carbocycles. The lowest BCUT2D eigenvalue weighted by atomic mass is 10.0. The van der Waals surface area contributed by atoms with Gasteiger partial charge in [-0.25, -0.2) is 4.39 Å².